The van der Waals surface area contributed by atoms with E-state index in [1.165, 1.54) is 135 Å². The van der Waals surface area contributed by atoms with Crippen LogP contribution in [-0.2, 0) is 18.4 Å². The van der Waals surface area contributed by atoms with Gasteiger partial charge in [0.05, 0.1) is 39.9 Å². The van der Waals surface area contributed by atoms with Crippen molar-refractivity contribution in [2.24, 2.45) is 0 Å². The Morgan fingerprint density at radius 2 is 0.980 bits per heavy atom. The largest absolute Gasteiger partial charge is 0.472 e. The molecular weight excluding hydrogens is 635 g/mol. The number of quaternary nitrogens is 1. The Hall–Kier alpha value is -0.500. The Labute approximate surface area is 304 Å². The fraction of sp³-hybridized carbons (Fsp3) is 0.975. The quantitative estimate of drug-likeness (QED) is 0.0333. The molecule has 1 amide bonds. The number of phosphoric ester groups is 1. The molecule has 0 spiro atoms. The van der Waals surface area contributed by atoms with Gasteiger partial charge in [0.1, 0.15) is 13.2 Å². The first-order valence-corrected chi connectivity index (χ1v) is 22.4. The van der Waals surface area contributed by atoms with E-state index in [2.05, 4.69) is 19.2 Å². The van der Waals surface area contributed by atoms with Gasteiger partial charge in [0.25, 0.3) is 0 Å². The third-order valence-corrected chi connectivity index (χ3v) is 10.6. The van der Waals surface area contributed by atoms with Crippen molar-refractivity contribution in [3.63, 3.8) is 0 Å². The van der Waals surface area contributed by atoms with Crippen LogP contribution >= 0.6 is 7.82 Å². The van der Waals surface area contributed by atoms with E-state index in [9.17, 15) is 19.4 Å². The van der Waals surface area contributed by atoms with Gasteiger partial charge < -0.3 is 19.8 Å². The molecule has 0 bridgehead atoms. The number of hydrogen-bond acceptors (Lipinski definition) is 5. The lowest BCUT2D eigenvalue weighted by Gasteiger charge is -2.26. The van der Waals surface area contributed by atoms with Crippen molar-refractivity contribution in [1.29, 1.82) is 0 Å². The molecule has 294 valence electrons. The summed E-state index contributed by atoms with van der Waals surface area (Å²) >= 11 is 0. The monoisotopic (exact) mass is 720 g/mol. The molecule has 0 aromatic rings. The Balaban J connectivity index is 3.84. The molecule has 8 nitrogen and oxygen atoms in total. The van der Waals surface area contributed by atoms with Crippen molar-refractivity contribution >= 4 is 13.7 Å². The number of carbonyl (C=O) groups excluding carboxylic acids is 1. The normalized spacial score (nSPS) is 14.5. The first kappa shape index (κ1) is 48.5. The van der Waals surface area contributed by atoms with Crippen LogP contribution in [0, 0.1) is 0 Å². The number of phosphoric acid groups is 1. The summed E-state index contributed by atoms with van der Waals surface area (Å²) < 4.78 is 23.3. The summed E-state index contributed by atoms with van der Waals surface area (Å²) in [5.74, 6) is -0.152. The van der Waals surface area contributed by atoms with Gasteiger partial charge in [0.2, 0.25) is 5.91 Å². The molecule has 49 heavy (non-hydrogen) atoms. The maximum atomic E-state index is 12.7. The molecule has 3 unspecified atom stereocenters. The second kappa shape index (κ2) is 33.3. The summed E-state index contributed by atoms with van der Waals surface area (Å²) in [7, 11) is 1.62. The Bertz CT molecular complexity index is 778. The number of aliphatic hydroxyl groups excluding tert-OH is 1. The molecule has 0 rings (SSSR count). The molecular formula is C40H84N2O6P+. The second-order valence-corrected chi connectivity index (χ2v) is 17.2. The molecule has 0 aliphatic rings. The van der Waals surface area contributed by atoms with E-state index in [1.807, 2.05) is 21.1 Å². The summed E-state index contributed by atoms with van der Waals surface area (Å²) in [5, 5.41) is 13.6. The minimum absolute atomic E-state index is 0.0763. The third-order valence-electron chi connectivity index (χ3n) is 9.61. The number of carbonyl (C=O) groups is 1. The minimum atomic E-state index is -4.28. The number of nitrogens with one attached hydrogen (secondary N) is 1. The van der Waals surface area contributed by atoms with Gasteiger partial charge >= 0.3 is 7.82 Å². The highest BCUT2D eigenvalue weighted by atomic mass is 31.2. The van der Waals surface area contributed by atoms with Crippen LogP contribution in [0.25, 0.3) is 0 Å². The highest BCUT2D eigenvalue weighted by Crippen LogP contribution is 2.43. The van der Waals surface area contributed by atoms with E-state index in [-0.39, 0.29) is 19.1 Å². The van der Waals surface area contributed by atoms with Gasteiger partial charge in [-0.05, 0) is 12.8 Å². The zero-order chi connectivity index (χ0) is 36.5. The molecule has 0 saturated heterocycles. The van der Waals surface area contributed by atoms with E-state index < -0.39 is 20.0 Å². The first-order chi connectivity index (χ1) is 23.5. The number of hydrogen-bond donors (Lipinski definition) is 3. The van der Waals surface area contributed by atoms with Crippen LogP contribution in [0.1, 0.15) is 200 Å². The zero-order valence-electron chi connectivity index (χ0n) is 33.2. The van der Waals surface area contributed by atoms with E-state index in [0.717, 1.165) is 38.5 Å². The highest BCUT2D eigenvalue weighted by molar-refractivity contribution is 7.47. The molecule has 0 aliphatic carbocycles. The summed E-state index contributed by atoms with van der Waals surface area (Å²) in [5.41, 5.74) is 0. The molecule has 3 N–H and O–H groups in total. The minimum Gasteiger partial charge on any atom is -0.391 e. The molecule has 0 radical (unpaired) electrons. The van der Waals surface area contributed by atoms with Gasteiger partial charge in [0.15, 0.2) is 0 Å². The molecule has 0 saturated carbocycles. The number of aliphatic hydroxyl groups is 1. The van der Waals surface area contributed by atoms with E-state index >= 15 is 0 Å². The van der Waals surface area contributed by atoms with Crippen molar-refractivity contribution in [2.45, 2.75) is 212 Å². The van der Waals surface area contributed by atoms with Gasteiger partial charge in [-0.2, -0.15) is 0 Å². The highest BCUT2D eigenvalue weighted by Gasteiger charge is 2.28. The van der Waals surface area contributed by atoms with Crippen LogP contribution in [0.4, 0.5) is 0 Å². The standard InChI is InChI=1S/C40H83N2O6P/c1-6-8-10-11-12-13-14-15-16-17-18-19-20-21-22-23-24-25-26-27-28-29-30-32-34-40(44)41-38(39(43)33-31-9-7-2)37-48-49(45,46)47-36-35-42(3,4)5/h38-39,43H,6-37H2,1-5H3,(H-,41,44,45,46)/p+1. The van der Waals surface area contributed by atoms with Crippen LogP contribution < -0.4 is 5.32 Å². The number of amides is 1. The summed E-state index contributed by atoms with van der Waals surface area (Å²) in [6.07, 6.45) is 35.1. The van der Waals surface area contributed by atoms with E-state index in [1.54, 1.807) is 0 Å². The van der Waals surface area contributed by atoms with Gasteiger partial charge in [-0.15, -0.1) is 0 Å². The Kier molecular flexibility index (Phi) is 33.0. The van der Waals surface area contributed by atoms with Gasteiger partial charge in [-0.3, -0.25) is 13.8 Å². The Morgan fingerprint density at radius 3 is 1.37 bits per heavy atom. The number of likely N-dealkylation sites (N-methyl/N-ethyl adjacent to an activating group) is 1. The molecule has 0 aromatic carbocycles. The fourth-order valence-electron chi connectivity index (χ4n) is 6.22. The van der Waals surface area contributed by atoms with Crippen LogP contribution in [-0.4, -0.2) is 73.4 Å². The van der Waals surface area contributed by atoms with Gasteiger partial charge in [-0.1, -0.05) is 181 Å². The SMILES string of the molecule is CCCCCCCCCCCCCCCCCCCCCCCCCCC(=O)NC(COP(=O)(O)OCC[N+](C)(C)C)C(O)CCCCC. The van der Waals surface area contributed by atoms with Crippen molar-refractivity contribution in [2.75, 3.05) is 40.9 Å². The van der Waals surface area contributed by atoms with Crippen molar-refractivity contribution < 1.29 is 32.9 Å². The molecule has 0 fully saturated rings. The number of unbranched alkanes of at least 4 members (excludes halogenated alkanes) is 25. The molecule has 3 atom stereocenters. The van der Waals surface area contributed by atoms with Gasteiger partial charge in [-0.25, -0.2) is 4.57 Å². The molecule has 0 heterocycles. The third kappa shape index (κ3) is 35.7. The lowest BCUT2D eigenvalue weighted by molar-refractivity contribution is -0.870. The Morgan fingerprint density at radius 1 is 0.612 bits per heavy atom. The van der Waals surface area contributed by atoms with Crippen molar-refractivity contribution in [3.8, 4) is 0 Å². The van der Waals surface area contributed by atoms with Gasteiger partial charge in [0, 0.05) is 6.42 Å². The molecule has 0 aromatic heterocycles. The number of rotatable bonds is 38. The summed E-state index contributed by atoms with van der Waals surface area (Å²) in [6.45, 7) is 4.74. The first-order valence-electron chi connectivity index (χ1n) is 20.9. The lowest BCUT2D eigenvalue weighted by atomic mass is 10.0. The molecule has 9 heteroatoms. The number of nitrogens with zero attached hydrogens (tertiary/aromatic N) is 1. The summed E-state index contributed by atoms with van der Waals surface area (Å²) in [4.78, 5) is 22.8. The van der Waals surface area contributed by atoms with E-state index in [0.29, 0.717) is 23.9 Å². The average molecular weight is 720 g/mol. The fourth-order valence-corrected chi connectivity index (χ4v) is 6.96. The maximum Gasteiger partial charge on any atom is 0.472 e. The van der Waals surface area contributed by atoms with E-state index in [4.69, 9.17) is 9.05 Å². The van der Waals surface area contributed by atoms with Crippen LogP contribution in [0.2, 0.25) is 0 Å². The average Bonchev–Trinajstić information content (AvgIpc) is 3.04. The maximum absolute atomic E-state index is 12.7. The lowest BCUT2D eigenvalue weighted by Crippen LogP contribution is -2.46. The van der Waals surface area contributed by atoms with Crippen LogP contribution in [0.3, 0.4) is 0 Å². The van der Waals surface area contributed by atoms with Crippen molar-refractivity contribution in [1.82, 2.24) is 5.32 Å². The smallest absolute Gasteiger partial charge is 0.391 e. The van der Waals surface area contributed by atoms with Crippen LogP contribution in [0.5, 0.6) is 0 Å². The second-order valence-electron chi connectivity index (χ2n) is 15.7. The zero-order valence-corrected chi connectivity index (χ0v) is 34.1. The predicted molar refractivity (Wildman–Crippen MR) is 208 cm³/mol. The topological polar surface area (TPSA) is 105 Å². The van der Waals surface area contributed by atoms with Crippen molar-refractivity contribution in [3.05, 3.63) is 0 Å². The molecule has 0 aliphatic heterocycles. The van der Waals surface area contributed by atoms with Crippen LogP contribution in [0.15, 0.2) is 0 Å². The summed E-state index contributed by atoms with van der Waals surface area (Å²) in [6, 6.07) is -0.749. The predicted octanol–water partition coefficient (Wildman–Crippen LogP) is 11.0.